The van der Waals surface area contributed by atoms with Crippen molar-refractivity contribution in [1.82, 2.24) is 24.1 Å². The fraction of sp³-hybridized carbons (Fsp3) is 0.267. The molecule has 136 valence electrons. The quantitative estimate of drug-likeness (QED) is 0.701. The molecule has 1 saturated heterocycles. The number of benzene rings is 1. The Morgan fingerprint density at radius 1 is 1.00 bits per heavy atom. The van der Waals surface area contributed by atoms with Gasteiger partial charge in [0.1, 0.15) is 11.6 Å². The maximum atomic E-state index is 14.1. The number of hydrogen-bond donors (Lipinski definition) is 1. The summed E-state index contributed by atoms with van der Waals surface area (Å²) in [5.41, 5.74) is 0.805. The second-order valence-corrected chi connectivity index (χ2v) is 7.44. The standard InChI is InChI=1S/C15H16FN7O2S/c16-12-4-2-1-3-11(12)15-19-18-13-5-6-14(20-23(13)15)21-7-9-22(10-8-21)26(17,24)25/h1-6H,7-10H2,(H2,17,24,25). The fourth-order valence-corrected chi connectivity index (χ4v) is 3.60. The molecule has 0 amide bonds. The highest BCUT2D eigenvalue weighted by Gasteiger charge is 2.25. The normalized spacial score (nSPS) is 16.3. The molecule has 3 heterocycles. The molecule has 3 aromatic rings. The van der Waals surface area contributed by atoms with Gasteiger partial charge in [-0.15, -0.1) is 15.3 Å². The smallest absolute Gasteiger partial charge is 0.277 e. The van der Waals surface area contributed by atoms with Gasteiger partial charge < -0.3 is 4.90 Å². The van der Waals surface area contributed by atoms with Crippen molar-refractivity contribution in [2.45, 2.75) is 0 Å². The van der Waals surface area contributed by atoms with Crippen LogP contribution in [-0.2, 0) is 10.2 Å². The molecule has 0 saturated carbocycles. The van der Waals surface area contributed by atoms with Crippen LogP contribution in [-0.4, -0.2) is 58.7 Å². The Bertz CT molecular complexity index is 1060. The Morgan fingerprint density at radius 2 is 1.73 bits per heavy atom. The molecule has 1 aliphatic heterocycles. The molecular weight excluding hydrogens is 361 g/mol. The van der Waals surface area contributed by atoms with Gasteiger partial charge in [0.15, 0.2) is 11.5 Å². The van der Waals surface area contributed by atoms with Crippen LogP contribution >= 0.6 is 0 Å². The lowest BCUT2D eigenvalue weighted by Crippen LogP contribution is -2.51. The van der Waals surface area contributed by atoms with Crippen LogP contribution in [0, 0.1) is 5.82 Å². The number of anilines is 1. The van der Waals surface area contributed by atoms with E-state index >= 15 is 0 Å². The minimum Gasteiger partial charge on any atom is -0.353 e. The van der Waals surface area contributed by atoms with Crippen molar-refractivity contribution in [3.8, 4) is 11.4 Å². The van der Waals surface area contributed by atoms with Gasteiger partial charge in [-0.2, -0.15) is 17.2 Å². The molecule has 2 N–H and O–H groups in total. The molecule has 0 unspecified atom stereocenters. The lowest BCUT2D eigenvalue weighted by Gasteiger charge is -2.33. The van der Waals surface area contributed by atoms with Crippen LogP contribution in [0.3, 0.4) is 0 Å². The summed E-state index contributed by atoms with van der Waals surface area (Å²) >= 11 is 0. The summed E-state index contributed by atoms with van der Waals surface area (Å²) in [6.07, 6.45) is 0. The van der Waals surface area contributed by atoms with E-state index in [4.69, 9.17) is 5.14 Å². The van der Waals surface area contributed by atoms with E-state index in [-0.39, 0.29) is 13.1 Å². The lowest BCUT2D eigenvalue weighted by molar-refractivity contribution is 0.384. The fourth-order valence-electron chi connectivity index (χ4n) is 2.93. The number of hydrogen-bond acceptors (Lipinski definition) is 6. The van der Waals surface area contributed by atoms with Gasteiger partial charge in [-0.05, 0) is 24.3 Å². The first-order valence-corrected chi connectivity index (χ1v) is 9.44. The Labute approximate surface area is 149 Å². The molecule has 26 heavy (non-hydrogen) atoms. The van der Waals surface area contributed by atoms with Crippen LogP contribution < -0.4 is 10.0 Å². The SMILES string of the molecule is NS(=O)(=O)N1CCN(c2ccc3nnc(-c4ccccc4F)n3n2)CC1. The van der Waals surface area contributed by atoms with Crippen molar-refractivity contribution < 1.29 is 12.8 Å². The molecule has 0 spiro atoms. The molecular formula is C15H16FN7O2S. The molecule has 0 radical (unpaired) electrons. The summed E-state index contributed by atoms with van der Waals surface area (Å²) in [4.78, 5) is 1.94. The first kappa shape index (κ1) is 16.8. The summed E-state index contributed by atoms with van der Waals surface area (Å²) in [6, 6.07) is 9.81. The van der Waals surface area contributed by atoms with Gasteiger partial charge in [-0.25, -0.2) is 9.53 Å². The lowest BCUT2D eigenvalue weighted by atomic mass is 10.2. The van der Waals surface area contributed by atoms with Gasteiger partial charge in [-0.3, -0.25) is 0 Å². The van der Waals surface area contributed by atoms with Gasteiger partial charge in [-0.1, -0.05) is 12.1 Å². The summed E-state index contributed by atoms with van der Waals surface area (Å²) < 4.78 is 39.6. The van der Waals surface area contributed by atoms with Gasteiger partial charge in [0.25, 0.3) is 10.2 Å². The molecule has 11 heteroatoms. The van der Waals surface area contributed by atoms with E-state index in [1.54, 1.807) is 30.3 Å². The Hall–Kier alpha value is -2.63. The zero-order valence-electron chi connectivity index (χ0n) is 13.7. The predicted molar refractivity (Wildman–Crippen MR) is 93.1 cm³/mol. The number of piperazine rings is 1. The average Bonchev–Trinajstić information content (AvgIpc) is 3.04. The third kappa shape index (κ3) is 3.00. The van der Waals surface area contributed by atoms with Gasteiger partial charge in [0.05, 0.1) is 5.56 Å². The first-order valence-electron chi connectivity index (χ1n) is 7.94. The Balaban J connectivity index is 1.66. The van der Waals surface area contributed by atoms with E-state index in [1.807, 2.05) is 4.90 Å². The number of nitrogens with zero attached hydrogens (tertiary/aromatic N) is 6. The van der Waals surface area contributed by atoms with Crippen LogP contribution in [0.5, 0.6) is 0 Å². The maximum Gasteiger partial charge on any atom is 0.277 e. The number of nitrogens with two attached hydrogens (primary N) is 1. The minimum atomic E-state index is -3.69. The van der Waals surface area contributed by atoms with Crippen LogP contribution in [0.2, 0.25) is 0 Å². The molecule has 0 aliphatic carbocycles. The van der Waals surface area contributed by atoms with E-state index < -0.39 is 16.0 Å². The number of fused-ring (bicyclic) bond motifs is 1. The van der Waals surface area contributed by atoms with Crippen LogP contribution in [0.4, 0.5) is 10.2 Å². The topological polar surface area (TPSA) is 110 Å². The monoisotopic (exact) mass is 377 g/mol. The first-order chi connectivity index (χ1) is 12.4. The molecule has 1 aliphatic rings. The summed E-state index contributed by atoms with van der Waals surface area (Å²) in [5.74, 6) is 0.530. The molecule has 1 aromatic carbocycles. The molecule has 4 rings (SSSR count). The van der Waals surface area contributed by atoms with Gasteiger partial charge in [0.2, 0.25) is 0 Å². The van der Waals surface area contributed by atoms with Gasteiger partial charge >= 0.3 is 0 Å². The summed E-state index contributed by atoms with van der Waals surface area (Å²) in [6.45, 7) is 1.46. The van der Waals surface area contributed by atoms with Crippen molar-refractivity contribution >= 4 is 21.7 Å². The zero-order chi connectivity index (χ0) is 18.3. The van der Waals surface area contributed by atoms with Crippen molar-refractivity contribution in [3.05, 3.63) is 42.2 Å². The highest BCUT2D eigenvalue weighted by Crippen LogP contribution is 2.22. The number of aromatic nitrogens is 4. The second-order valence-electron chi connectivity index (χ2n) is 5.90. The average molecular weight is 377 g/mol. The largest absolute Gasteiger partial charge is 0.353 e. The van der Waals surface area contributed by atoms with E-state index in [9.17, 15) is 12.8 Å². The molecule has 1 fully saturated rings. The summed E-state index contributed by atoms with van der Waals surface area (Å²) in [5, 5.41) is 17.7. The van der Waals surface area contributed by atoms with E-state index in [0.717, 1.165) is 0 Å². The number of halogens is 1. The zero-order valence-corrected chi connectivity index (χ0v) is 14.5. The Kier molecular flexibility index (Phi) is 4.05. The maximum absolute atomic E-state index is 14.1. The van der Waals surface area contributed by atoms with Crippen molar-refractivity contribution in [1.29, 1.82) is 0 Å². The molecule has 0 atom stereocenters. The second kappa shape index (κ2) is 6.27. The minimum absolute atomic E-state index is 0.279. The van der Waals surface area contributed by atoms with Gasteiger partial charge in [0, 0.05) is 26.2 Å². The molecule has 0 bridgehead atoms. The van der Waals surface area contributed by atoms with E-state index in [0.29, 0.717) is 35.9 Å². The van der Waals surface area contributed by atoms with E-state index in [2.05, 4.69) is 15.3 Å². The summed E-state index contributed by atoms with van der Waals surface area (Å²) in [7, 11) is -3.69. The number of rotatable bonds is 3. The van der Waals surface area contributed by atoms with Crippen LogP contribution in [0.15, 0.2) is 36.4 Å². The van der Waals surface area contributed by atoms with Crippen molar-refractivity contribution in [3.63, 3.8) is 0 Å². The predicted octanol–water partition coefficient (Wildman–Crippen LogP) is 0.256. The van der Waals surface area contributed by atoms with Crippen molar-refractivity contribution in [2.24, 2.45) is 5.14 Å². The third-order valence-corrected chi connectivity index (χ3v) is 5.37. The van der Waals surface area contributed by atoms with Crippen molar-refractivity contribution in [2.75, 3.05) is 31.1 Å². The highest BCUT2D eigenvalue weighted by atomic mass is 32.2. The highest BCUT2D eigenvalue weighted by molar-refractivity contribution is 7.86. The van der Waals surface area contributed by atoms with Crippen LogP contribution in [0.1, 0.15) is 0 Å². The molecule has 9 nitrogen and oxygen atoms in total. The third-order valence-electron chi connectivity index (χ3n) is 4.29. The Morgan fingerprint density at radius 3 is 2.42 bits per heavy atom. The van der Waals surface area contributed by atoms with E-state index in [1.165, 1.54) is 14.9 Å². The molecule has 2 aromatic heterocycles. The van der Waals surface area contributed by atoms with Crippen LogP contribution in [0.25, 0.3) is 17.0 Å².